The van der Waals surface area contributed by atoms with E-state index in [-0.39, 0.29) is 5.91 Å². The van der Waals surface area contributed by atoms with Gasteiger partial charge in [-0.3, -0.25) is 4.79 Å². The molecule has 2 heterocycles. The highest BCUT2D eigenvalue weighted by Crippen LogP contribution is 2.31. The van der Waals surface area contributed by atoms with Gasteiger partial charge >= 0.3 is 0 Å². The number of piperazine rings is 1. The Bertz CT molecular complexity index is 946. The zero-order chi connectivity index (χ0) is 18.8. The van der Waals surface area contributed by atoms with Crippen LogP contribution in [0.3, 0.4) is 0 Å². The minimum atomic E-state index is -0.0918. The van der Waals surface area contributed by atoms with E-state index < -0.39 is 0 Å². The molecule has 7 heteroatoms. The van der Waals surface area contributed by atoms with E-state index in [0.717, 1.165) is 52.1 Å². The number of thiazole rings is 1. The van der Waals surface area contributed by atoms with Gasteiger partial charge in [0.25, 0.3) is 5.91 Å². The maximum Gasteiger partial charge on any atom is 0.255 e. The Morgan fingerprint density at radius 3 is 2.56 bits per heavy atom. The average Bonchev–Trinajstić information content (AvgIpc) is 3.12. The summed E-state index contributed by atoms with van der Waals surface area (Å²) in [4.78, 5) is 23.1. The third-order valence-corrected chi connectivity index (χ3v) is 6.58. The summed E-state index contributed by atoms with van der Waals surface area (Å²) < 4.78 is 1.10. The average molecular weight is 399 g/mol. The zero-order valence-electron chi connectivity index (χ0n) is 15.4. The number of anilines is 2. The van der Waals surface area contributed by atoms with Crippen LogP contribution in [0.25, 0.3) is 10.2 Å². The summed E-state index contributed by atoms with van der Waals surface area (Å²) in [7, 11) is 2.15. The number of fused-ring (bicyclic) bond motifs is 1. The van der Waals surface area contributed by atoms with E-state index in [4.69, 9.17) is 4.98 Å². The molecule has 4 rings (SSSR count). The molecule has 0 saturated carbocycles. The Labute approximate surface area is 167 Å². The Hall–Kier alpha value is -2.09. The molecule has 0 unspecified atom stereocenters. The lowest BCUT2D eigenvalue weighted by Gasteiger charge is -2.31. The first-order valence-corrected chi connectivity index (χ1v) is 11.0. The number of hydrogen-bond donors (Lipinski definition) is 1. The van der Waals surface area contributed by atoms with Gasteiger partial charge in [-0.15, -0.1) is 11.8 Å². The van der Waals surface area contributed by atoms with Gasteiger partial charge in [0.1, 0.15) is 0 Å². The molecule has 0 atom stereocenters. The van der Waals surface area contributed by atoms with E-state index in [1.165, 1.54) is 0 Å². The van der Waals surface area contributed by atoms with E-state index in [2.05, 4.69) is 22.2 Å². The van der Waals surface area contributed by atoms with Crippen molar-refractivity contribution in [1.82, 2.24) is 9.88 Å². The minimum absolute atomic E-state index is 0.0918. The fourth-order valence-corrected chi connectivity index (χ4v) is 4.53. The standard InChI is InChI=1S/C20H22N4OS2/c1-23-9-11-24(12-10-23)20-22-17-8-5-15(13-18(17)27-20)21-19(25)14-3-6-16(26-2)7-4-14/h3-8,13H,9-12H2,1-2H3,(H,21,25). The summed E-state index contributed by atoms with van der Waals surface area (Å²) in [6.45, 7) is 4.14. The van der Waals surface area contributed by atoms with Crippen molar-refractivity contribution >= 4 is 50.0 Å². The summed E-state index contributed by atoms with van der Waals surface area (Å²) >= 11 is 3.35. The van der Waals surface area contributed by atoms with Crippen molar-refractivity contribution in [3.8, 4) is 0 Å². The minimum Gasteiger partial charge on any atom is -0.345 e. The maximum atomic E-state index is 12.5. The molecule has 0 radical (unpaired) electrons. The van der Waals surface area contributed by atoms with Crippen LogP contribution in [0, 0.1) is 0 Å². The summed E-state index contributed by atoms with van der Waals surface area (Å²) in [5.74, 6) is -0.0918. The first kappa shape index (κ1) is 18.3. The highest BCUT2D eigenvalue weighted by Gasteiger charge is 2.18. The molecule has 0 bridgehead atoms. The van der Waals surface area contributed by atoms with Gasteiger partial charge in [0, 0.05) is 42.3 Å². The molecule has 5 nitrogen and oxygen atoms in total. The number of carbonyl (C=O) groups is 1. The number of thioether (sulfide) groups is 1. The van der Waals surface area contributed by atoms with Crippen LogP contribution in [0.4, 0.5) is 10.8 Å². The number of hydrogen-bond acceptors (Lipinski definition) is 6. The lowest BCUT2D eigenvalue weighted by atomic mass is 10.2. The van der Waals surface area contributed by atoms with Gasteiger partial charge in [-0.05, 0) is 55.8 Å². The van der Waals surface area contributed by atoms with Gasteiger partial charge < -0.3 is 15.1 Å². The second-order valence-electron chi connectivity index (χ2n) is 6.65. The smallest absolute Gasteiger partial charge is 0.255 e. The first-order chi connectivity index (χ1) is 13.1. The van der Waals surface area contributed by atoms with Crippen LogP contribution in [-0.4, -0.2) is 55.3 Å². The summed E-state index contributed by atoms with van der Waals surface area (Å²) in [6, 6.07) is 13.6. The third-order valence-electron chi connectivity index (χ3n) is 4.76. The molecular formula is C20H22N4OS2. The van der Waals surface area contributed by atoms with Crippen molar-refractivity contribution in [2.45, 2.75) is 4.90 Å². The Morgan fingerprint density at radius 2 is 1.85 bits per heavy atom. The number of likely N-dealkylation sites (N-methyl/N-ethyl adjacent to an activating group) is 1. The highest BCUT2D eigenvalue weighted by molar-refractivity contribution is 7.98. The number of nitrogens with one attached hydrogen (secondary N) is 1. The van der Waals surface area contributed by atoms with Gasteiger partial charge in [-0.1, -0.05) is 11.3 Å². The lowest BCUT2D eigenvalue weighted by molar-refractivity contribution is 0.102. The normalized spacial score (nSPS) is 15.3. The van der Waals surface area contributed by atoms with Crippen molar-refractivity contribution in [1.29, 1.82) is 0 Å². The topological polar surface area (TPSA) is 48.5 Å². The largest absolute Gasteiger partial charge is 0.345 e. The van der Waals surface area contributed by atoms with Crippen LogP contribution in [0.1, 0.15) is 10.4 Å². The van der Waals surface area contributed by atoms with E-state index in [9.17, 15) is 4.79 Å². The third kappa shape index (κ3) is 4.10. The second kappa shape index (κ2) is 7.88. The number of nitrogens with zero attached hydrogens (tertiary/aromatic N) is 3. The number of carbonyl (C=O) groups excluding carboxylic acids is 1. The molecule has 0 spiro atoms. The van der Waals surface area contributed by atoms with Gasteiger partial charge in [0.2, 0.25) is 0 Å². The molecule has 1 saturated heterocycles. The molecule has 1 aromatic heterocycles. The number of benzene rings is 2. The number of amides is 1. The van der Waals surface area contributed by atoms with Crippen LogP contribution in [-0.2, 0) is 0 Å². The molecule has 1 aliphatic rings. The Balaban J connectivity index is 1.50. The number of aromatic nitrogens is 1. The van der Waals surface area contributed by atoms with Crippen LogP contribution >= 0.6 is 23.1 Å². The zero-order valence-corrected chi connectivity index (χ0v) is 17.1. The van der Waals surface area contributed by atoms with Crippen LogP contribution in [0.15, 0.2) is 47.4 Å². The molecule has 1 aliphatic heterocycles. The second-order valence-corrected chi connectivity index (χ2v) is 8.54. The first-order valence-electron chi connectivity index (χ1n) is 8.92. The fraction of sp³-hybridized carbons (Fsp3) is 0.300. The summed E-state index contributed by atoms with van der Waals surface area (Å²) in [5, 5.41) is 4.06. The van der Waals surface area contributed by atoms with E-state index in [1.54, 1.807) is 23.1 Å². The van der Waals surface area contributed by atoms with Crippen LogP contribution in [0.2, 0.25) is 0 Å². The number of rotatable bonds is 4. The molecule has 2 aromatic carbocycles. The summed E-state index contributed by atoms with van der Waals surface area (Å²) in [5.41, 5.74) is 2.45. The van der Waals surface area contributed by atoms with Crippen molar-refractivity contribution in [3.05, 3.63) is 48.0 Å². The van der Waals surface area contributed by atoms with Gasteiger partial charge in [0.15, 0.2) is 5.13 Å². The van der Waals surface area contributed by atoms with Crippen LogP contribution < -0.4 is 10.2 Å². The Morgan fingerprint density at radius 1 is 1.11 bits per heavy atom. The molecule has 0 aliphatic carbocycles. The van der Waals surface area contributed by atoms with E-state index in [0.29, 0.717) is 5.56 Å². The van der Waals surface area contributed by atoms with Crippen molar-refractivity contribution in [2.75, 3.05) is 49.7 Å². The SMILES string of the molecule is CSc1ccc(C(=O)Nc2ccc3nc(N4CCN(C)CC4)sc3c2)cc1. The van der Waals surface area contributed by atoms with Crippen LogP contribution in [0.5, 0.6) is 0 Å². The molecule has 1 fully saturated rings. The fourth-order valence-electron chi connectivity index (χ4n) is 3.07. The molecule has 140 valence electrons. The quantitative estimate of drug-likeness (QED) is 0.673. The predicted octanol–water partition coefficient (Wildman–Crippen LogP) is 4.02. The monoisotopic (exact) mass is 398 g/mol. The van der Waals surface area contributed by atoms with Crippen molar-refractivity contribution in [3.63, 3.8) is 0 Å². The predicted molar refractivity (Wildman–Crippen MR) is 116 cm³/mol. The molecule has 1 N–H and O–H groups in total. The summed E-state index contributed by atoms with van der Waals surface area (Å²) in [6.07, 6.45) is 2.02. The molecule has 27 heavy (non-hydrogen) atoms. The van der Waals surface area contributed by atoms with E-state index in [1.807, 2.05) is 48.7 Å². The molecular weight excluding hydrogens is 376 g/mol. The Kier molecular flexibility index (Phi) is 5.33. The highest BCUT2D eigenvalue weighted by atomic mass is 32.2. The van der Waals surface area contributed by atoms with Gasteiger partial charge in [0.05, 0.1) is 10.2 Å². The lowest BCUT2D eigenvalue weighted by Crippen LogP contribution is -2.44. The maximum absolute atomic E-state index is 12.5. The van der Waals surface area contributed by atoms with Crippen molar-refractivity contribution in [2.24, 2.45) is 0 Å². The van der Waals surface area contributed by atoms with E-state index >= 15 is 0 Å². The van der Waals surface area contributed by atoms with Gasteiger partial charge in [-0.25, -0.2) is 4.98 Å². The van der Waals surface area contributed by atoms with Crippen molar-refractivity contribution < 1.29 is 4.79 Å². The molecule has 3 aromatic rings. The van der Waals surface area contributed by atoms with Gasteiger partial charge in [-0.2, -0.15) is 0 Å². The molecule has 1 amide bonds.